The van der Waals surface area contributed by atoms with Gasteiger partial charge in [0.25, 0.3) is 0 Å². The summed E-state index contributed by atoms with van der Waals surface area (Å²) in [5.41, 5.74) is 2.79. The standard InChI is InChI=1S/C12H11Br2F3N4/c1-21-11(9(14)5-19-21)10(20-18)6-2-3-8(13)7(4-6)12(15,16)17/h2-5,10,20H,18H2,1H3. The van der Waals surface area contributed by atoms with Crippen LogP contribution in [0.2, 0.25) is 0 Å². The highest BCUT2D eigenvalue weighted by Gasteiger charge is 2.34. The average Bonchev–Trinajstić information content (AvgIpc) is 2.72. The van der Waals surface area contributed by atoms with Gasteiger partial charge in [-0.15, -0.1) is 0 Å². The van der Waals surface area contributed by atoms with E-state index >= 15 is 0 Å². The van der Waals surface area contributed by atoms with E-state index in [1.165, 1.54) is 6.07 Å². The first-order valence-corrected chi connectivity index (χ1v) is 7.34. The largest absolute Gasteiger partial charge is 0.417 e. The second kappa shape index (κ2) is 6.07. The molecule has 1 heterocycles. The quantitative estimate of drug-likeness (QED) is 0.582. The Morgan fingerprint density at radius 2 is 1.95 bits per heavy atom. The van der Waals surface area contributed by atoms with Crippen LogP contribution in [0.4, 0.5) is 13.2 Å². The lowest BCUT2D eigenvalue weighted by atomic mass is 10.0. The van der Waals surface area contributed by atoms with E-state index in [1.54, 1.807) is 24.0 Å². The van der Waals surface area contributed by atoms with Crippen LogP contribution in [0.5, 0.6) is 0 Å². The fourth-order valence-corrected chi connectivity index (χ4v) is 3.07. The lowest BCUT2D eigenvalue weighted by molar-refractivity contribution is -0.138. The number of nitrogens with one attached hydrogen (secondary N) is 1. The molecule has 4 nitrogen and oxygen atoms in total. The van der Waals surface area contributed by atoms with Gasteiger partial charge < -0.3 is 0 Å². The second-order valence-electron chi connectivity index (χ2n) is 4.34. The monoisotopic (exact) mass is 426 g/mol. The molecular weight excluding hydrogens is 417 g/mol. The number of hydrazine groups is 1. The molecule has 0 saturated heterocycles. The van der Waals surface area contributed by atoms with Crippen LogP contribution < -0.4 is 11.3 Å². The van der Waals surface area contributed by atoms with Crippen LogP contribution in [0.25, 0.3) is 0 Å². The smallest absolute Gasteiger partial charge is 0.271 e. The molecule has 2 rings (SSSR count). The number of nitrogens with two attached hydrogens (primary N) is 1. The second-order valence-corrected chi connectivity index (χ2v) is 6.05. The van der Waals surface area contributed by atoms with Gasteiger partial charge in [0.15, 0.2) is 0 Å². The van der Waals surface area contributed by atoms with Crippen LogP contribution in [0.3, 0.4) is 0 Å². The third-order valence-corrected chi connectivity index (χ3v) is 4.31. The molecule has 1 aromatic heterocycles. The van der Waals surface area contributed by atoms with E-state index in [9.17, 15) is 13.2 Å². The lowest BCUT2D eigenvalue weighted by Crippen LogP contribution is -2.31. The Kier molecular flexibility index (Phi) is 4.76. The number of rotatable bonds is 3. The van der Waals surface area contributed by atoms with Crippen molar-refractivity contribution in [2.24, 2.45) is 12.9 Å². The van der Waals surface area contributed by atoms with Crippen LogP contribution in [0, 0.1) is 0 Å². The van der Waals surface area contributed by atoms with Crippen molar-refractivity contribution in [3.05, 3.63) is 50.2 Å². The zero-order valence-corrected chi connectivity index (χ0v) is 13.9. The number of nitrogens with zero attached hydrogens (tertiary/aromatic N) is 2. The third-order valence-electron chi connectivity index (χ3n) is 3.01. The van der Waals surface area contributed by atoms with E-state index in [2.05, 4.69) is 42.4 Å². The molecule has 3 N–H and O–H groups in total. The molecule has 0 aliphatic carbocycles. The molecule has 0 saturated carbocycles. The highest BCUT2D eigenvalue weighted by molar-refractivity contribution is 9.10. The molecule has 0 fully saturated rings. The first-order chi connectivity index (χ1) is 9.75. The molecule has 21 heavy (non-hydrogen) atoms. The molecule has 0 spiro atoms. The highest BCUT2D eigenvalue weighted by atomic mass is 79.9. The molecule has 9 heteroatoms. The Labute approximate surface area is 135 Å². The van der Waals surface area contributed by atoms with E-state index in [-0.39, 0.29) is 4.47 Å². The Balaban J connectivity index is 2.54. The van der Waals surface area contributed by atoms with Crippen molar-refractivity contribution in [3.8, 4) is 0 Å². The molecule has 0 bridgehead atoms. The maximum Gasteiger partial charge on any atom is 0.417 e. The molecule has 114 valence electrons. The number of alkyl halides is 3. The van der Waals surface area contributed by atoms with Gasteiger partial charge in [0.1, 0.15) is 0 Å². The predicted molar refractivity (Wildman–Crippen MR) is 79.2 cm³/mol. The van der Waals surface area contributed by atoms with Crippen LogP contribution in [0.15, 0.2) is 33.3 Å². The van der Waals surface area contributed by atoms with Gasteiger partial charge in [-0.05, 0) is 33.6 Å². The first-order valence-electron chi connectivity index (χ1n) is 5.76. The van der Waals surface area contributed by atoms with Crippen LogP contribution in [-0.4, -0.2) is 9.78 Å². The summed E-state index contributed by atoms with van der Waals surface area (Å²) in [5.74, 6) is 5.53. The van der Waals surface area contributed by atoms with Crippen LogP contribution in [0.1, 0.15) is 22.9 Å². The minimum Gasteiger partial charge on any atom is -0.271 e. The number of benzene rings is 1. The minimum absolute atomic E-state index is 0.0152. The summed E-state index contributed by atoms with van der Waals surface area (Å²) in [6, 6.07) is 3.37. The number of aromatic nitrogens is 2. The summed E-state index contributed by atoms with van der Waals surface area (Å²) < 4.78 is 41.2. The summed E-state index contributed by atoms with van der Waals surface area (Å²) >= 11 is 6.23. The Hall–Kier alpha value is -0.900. The van der Waals surface area contributed by atoms with Crippen molar-refractivity contribution >= 4 is 31.9 Å². The summed E-state index contributed by atoms with van der Waals surface area (Å²) in [5, 5.41) is 4.04. The predicted octanol–water partition coefficient (Wildman–Crippen LogP) is 3.52. The van der Waals surface area contributed by atoms with E-state index in [1.807, 2.05) is 0 Å². The summed E-state index contributed by atoms with van der Waals surface area (Å²) in [6.45, 7) is 0. The van der Waals surface area contributed by atoms with Crippen LogP contribution >= 0.6 is 31.9 Å². The van der Waals surface area contributed by atoms with Gasteiger partial charge in [-0.25, -0.2) is 5.43 Å². The van der Waals surface area contributed by atoms with Crippen molar-refractivity contribution in [2.75, 3.05) is 0 Å². The summed E-state index contributed by atoms with van der Waals surface area (Å²) in [6.07, 6.45) is -2.89. The number of aryl methyl sites for hydroxylation is 1. The Morgan fingerprint density at radius 3 is 2.43 bits per heavy atom. The van der Waals surface area contributed by atoms with E-state index in [0.717, 1.165) is 6.07 Å². The van der Waals surface area contributed by atoms with Crippen molar-refractivity contribution in [3.63, 3.8) is 0 Å². The van der Waals surface area contributed by atoms with Gasteiger partial charge in [0, 0.05) is 11.5 Å². The SMILES string of the molecule is Cn1ncc(Br)c1C(NN)c1ccc(Br)c(C(F)(F)F)c1. The Morgan fingerprint density at radius 1 is 1.29 bits per heavy atom. The number of hydrogen-bond acceptors (Lipinski definition) is 3. The van der Waals surface area contributed by atoms with Gasteiger partial charge in [-0.1, -0.05) is 22.0 Å². The first kappa shape index (κ1) is 16.5. The van der Waals surface area contributed by atoms with Crippen molar-refractivity contribution < 1.29 is 13.2 Å². The fourth-order valence-electron chi connectivity index (χ4n) is 2.02. The van der Waals surface area contributed by atoms with Gasteiger partial charge in [0.2, 0.25) is 0 Å². The maximum absolute atomic E-state index is 13.0. The average molecular weight is 428 g/mol. The van der Waals surface area contributed by atoms with Gasteiger partial charge >= 0.3 is 6.18 Å². The van der Waals surface area contributed by atoms with Crippen molar-refractivity contribution in [1.29, 1.82) is 0 Å². The topological polar surface area (TPSA) is 55.9 Å². The van der Waals surface area contributed by atoms with Gasteiger partial charge in [-0.3, -0.25) is 10.5 Å². The summed E-state index contributed by atoms with van der Waals surface area (Å²) in [4.78, 5) is 0. The molecule has 1 unspecified atom stereocenters. The number of halogens is 5. The molecule has 2 aromatic rings. The zero-order valence-electron chi connectivity index (χ0n) is 10.7. The van der Waals surface area contributed by atoms with Gasteiger partial charge in [-0.2, -0.15) is 18.3 Å². The maximum atomic E-state index is 13.0. The van der Waals surface area contributed by atoms with E-state index in [4.69, 9.17) is 5.84 Å². The van der Waals surface area contributed by atoms with Crippen molar-refractivity contribution in [1.82, 2.24) is 15.2 Å². The Bertz CT molecular complexity index is 635. The molecule has 0 amide bonds. The zero-order chi connectivity index (χ0) is 15.8. The van der Waals surface area contributed by atoms with Crippen LogP contribution in [-0.2, 0) is 13.2 Å². The van der Waals surface area contributed by atoms with Gasteiger partial charge in [0.05, 0.1) is 28.0 Å². The lowest BCUT2D eigenvalue weighted by Gasteiger charge is -2.19. The van der Waals surface area contributed by atoms with E-state index < -0.39 is 17.8 Å². The summed E-state index contributed by atoms with van der Waals surface area (Å²) in [7, 11) is 1.69. The minimum atomic E-state index is -4.45. The third kappa shape index (κ3) is 3.31. The normalized spacial score (nSPS) is 13.5. The number of hydrogen-bond donors (Lipinski definition) is 2. The molecular formula is C12H11Br2F3N4. The highest BCUT2D eigenvalue weighted by Crippen LogP contribution is 2.37. The molecule has 1 aromatic carbocycles. The molecule has 0 aliphatic heterocycles. The van der Waals surface area contributed by atoms with Crippen molar-refractivity contribution in [2.45, 2.75) is 12.2 Å². The molecule has 1 atom stereocenters. The molecule has 0 aliphatic rings. The fraction of sp³-hybridized carbons (Fsp3) is 0.250. The molecule has 0 radical (unpaired) electrons. The van der Waals surface area contributed by atoms with E-state index in [0.29, 0.717) is 15.7 Å².